The van der Waals surface area contributed by atoms with E-state index < -0.39 is 5.54 Å². The van der Waals surface area contributed by atoms with E-state index in [-0.39, 0.29) is 17.9 Å². The van der Waals surface area contributed by atoms with Crippen molar-refractivity contribution in [3.05, 3.63) is 35.9 Å². The van der Waals surface area contributed by atoms with Gasteiger partial charge in [-0.25, -0.2) is 4.79 Å². The van der Waals surface area contributed by atoms with Crippen molar-refractivity contribution in [1.29, 1.82) is 0 Å². The molecule has 0 bridgehead atoms. The average molecular weight is 230 g/mol. The molecule has 17 heavy (non-hydrogen) atoms. The van der Waals surface area contributed by atoms with E-state index in [1.54, 1.807) is 0 Å². The molecule has 1 aliphatic heterocycles. The monoisotopic (exact) mass is 230 g/mol. The van der Waals surface area contributed by atoms with E-state index in [0.29, 0.717) is 0 Å². The third-order valence-corrected chi connectivity index (χ3v) is 3.83. The van der Waals surface area contributed by atoms with Gasteiger partial charge in [-0.3, -0.25) is 10.1 Å². The Balaban J connectivity index is 2.00. The summed E-state index contributed by atoms with van der Waals surface area (Å²) in [5.41, 5.74) is 0.417. The van der Waals surface area contributed by atoms with Crippen LogP contribution in [0.3, 0.4) is 0 Å². The predicted molar refractivity (Wildman–Crippen MR) is 62.4 cm³/mol. The van der Waals surface area contributed by atoms with Crippen molar-refractivity contribution in [1.82, 2.24) is 10.6 Å². The molecule has 4 nitrogen and oxygen atoms in total. The lowest BCUT2D eigenvalue weighted by Gasteiger charge is -2.28. The van der Waals surface area contributed by atoms with Crippen LogP contribution < -0.4 is 10.6 Å². The summed E-state index contributed by atoms with van der Waals surface area (Å²) < 4.78 is 0. The first-order valence-electron chi connectivity index (χ1n) is 5.91. The standard InChI is InChI=1S/C13H14N2O2/c16-11-13(15-12(17)14-11)8-4-7-10(13)9-5-2-1-3-6-9/h1-3,5-6,10H,4,7-8H2,(H2,14,15,16,17)/t10-,13+/m0/s1. The Labute approximate surface area is 99.4 Å². The lowest BCUT2D eigenvalue weighted by Crippen LogP contribution is -2.48. The second-order valence-electron chi connectivity index (χ2n) is 4.74. The first-order chi connectivity index (χ1) is 8.22. The molecule has 2 atom stereocenters. The molecule has 0 radical (unpaired) electrons. The van der Waals surface area contributed by atoms with Crippen LogP contribution in [0.2, 0.25) is 0 Å². The lowest BCUT2D eigenvalue weighted by molar-refractivity contribution is -0.124. The minimum atomic E-state index is -0.710. The number of hydrogen-bond donors (Lipinski definition) is 2. The summed E-state index contributed by atoms with van der Waals surface area (Å²) in [6.45, 7) is 0. The summed E-state index contributed by atoms with van der Waals surface area (Å²) >= 11 is 0. The molecule has 3 rings (SSSR count). The first-order valence-corrected chi connectivity index (χ1v) is 5.91. The number of benzene rings is 1. The Kier molecular flexibility index (Phi) is 2.18. The number of rotatable bonds is 1. The third kappa shape index (κ3) is 1.44. The fraction of sp³-hybridized carbons (Fsp3) is 0.385. The molecule has 2 fully saturated rings. The zero-order valence-corrected chi connectivity index (χ0v) is 9.40. The Morgan fingerprint density at radius 3 is 2.59 bits per heavy atom. The van der Waals surface area contributed by atoms with Crippen LogP contribution in [0.1, 0.15) is 30.7 Å². The van der Waals surface area contributed by atoms with Crippen LogP contribution in [0.15, 0.2) is 30.3 Å². The van der Waals surface area contributed by atoms with E-state index in [9.17, 15) is 9.59 Å². The number of nitrogens with one attached hydrogen (secondary N) is 2. The Bertz CT molecular complexity index is 472. The molecule has 0 unspecified atom stereocenters. The molecule has 1 spiro atoms. The maximum absolute atomic E-state index is 12.0. The largest absolute Gasteiger partial charge is 0.323 e. The Hall–Kier alpha value is -1.84. The molecular formula is C13H14N2O2. The molecule has 2 aliphatic rings. The first kappa shape index (κ1) is 10.3. The van der Waals surface area contributed by atoms with Crippen molar-refractivity contribution in [2.75, 3.05) is 0 Å². The summed E-state index contributed by atoms with van der Waals surface area (Å²) in [5.74, 6) is -0.0796. The van der Waals surface area contributed by atoms with Gasteiger partial charge in [-0.15, -0.1) is 0 Å². The molecular weight excluding hydrogens is 216 g/mol. The molecule has 1 saturated carbocycles. The summed E-state index contributed by atoms with van der Waals surface area (Å²) in [6, 6.07) is 9.58. The number of carbonyl (C=O) groups excluding carboxylic acids is 2. The summed E-state index contributed by atoms with van der Waals surface area (Å²) in [5, 5.41) is 5.19. The van der Waals surface area contributed by atoms with Gasteiger partial charge in [0, 0.05) is 5.92 Å². The van der Waals surface area contributed by atoms with E-state index in [0.717, 1.165) is 24.8 Å². The SMILES string of the molecule is O=C1NC(=O)[C@]2(CCC[C@H]2c2ccccc2)N1. The number of amides is 3. The molecule has 4 heteroatoms. The van der Waals surface area contributed by atoms with Crippen LogP contribution in [0, 0.1) is 0 Å². The fourth-order valence-electron chi connectivity index (χ4n) is 3.07. The number of imide groups is 1. The second kappa shape index (κ2) is 3.58. The van der Waals surface area contributed by atoms with Gasteiger partial charge in [0.1, 0.15) is 5.54 Å². The smallest absolute Gasteiger partial charge is 0.322 e. The Morgan fingerprint density at radius 2 is 1.94 bits per heavy atom. The highest BCUT2D eigenvalue weighted by molar-refractivity contribution is 6.07. The normalized spacial score (nSPS) is 31.6. The van der Waals surface area contributed by atoms with E-state index in [4.69, 9.17) is 0 Å². The van der Waals surface area contributed by atoms with Gasteiger partial charge in [-0.1, -0.05) is 30.3 Å². The molecule has 1 aromatic carbocycles. The number of carbonyl (C=O) groups is 2. The van der Waals surface area contributed by atoms with Crippen LogP contribution in [0.25, 0.3) is 0 Å². The van der Waals surface area contributed by atoms with Gasteiger partial charge in [0.25, 0.3) is 5.91 Å². The van der Waals surface area contributed by atoms with Crippen LogP contribution in [0.5, 0.6) is 0 Å². The molecule has 2 N–H and O–H groups in total. The van der Waals surface area contributed by atoms with Crippen molar-refractivity contribution in [3.8, 4) is 0 Å². The average Bonchev–Trinajstić information content (AvgIpc) is 2.86. The maximum Gasteiger partial charge on any atom is 0.322 e. The van der Waals surface area contributed by atoms with E-state index in [1.165, 1.54) is 0 Å². The molecule has 1 aliphatic carbocycles. The highest BCUT2D eigenvalue weighted by Gasteiger charge is 2.54. The topological polar surface area (TPSA) is 58.2 Å². The van der Waals surface area contributed by atoms with Crippen molar-refractivity contribution in [3.63, 3.8) is 0 Å². The zero-order valence-electron chi connectivity index (χ0n) is 9.40. The van der Waals surface area contributed by atoms with Crippen molar-refractivity contribution < 1.29 is 9.59 Å². The number of hydrogen-bond acceptors (Lipinski definition) is 2. The highest BCUT2D eigenvalue weighted by Crippen LogP contribution is 2.44. The fourth-order valence-corrected chi connectivity index (χ4v) is 3.07. The summed E-state index contributed by atoms with van der Waals surface area (Å²) in [4.78, 5) is 23.3. The molecule has 88 valence electrons. The molecule has 1 saturated heterocycles. The molecule has 1 aromatic rings. The summed E-state index contributed by atoms with van der Waals surface area (Å²) in [6.07, 6.45) is 2.63. The maximum atomic E-state index is 12.0. The second-order valence-corrected chi connectivity index (χ2v) is 4.74. The Morgan fingerprint density at radius 1 is 1.18 bits per heavy atom. The molecule has 0 aromatic heterocycles. The molecule has 1 heterocycles. The summed E-state index contributed by atoms with van der Waals surface area (Å²) in [7, 11) is 0. The van der Waals surface area contributed by atoms with Gasteiger partial charge in [-0.2, -0.15) is 0 Å². The van der Waals surface area contributed by atoms with Gasteiger partial charge >= 0.3 is 6.03 Å². The zero-order chi connectivity index (χ0) is 11.9. The van der Waals surface area contributed by atoms with Crippen LogP contribution in [-0.4, -0.2) is 17.5 Å². The van der Waals surface area contributed by atoms with E-state index >= 15 is 0 Å². The van der Waals surface area contributed by atoms with Crippen molar-refractivity contribution in [2.24, 2.45) is 0 Å². The minimum Gasteiger partial charge on any atom is -0.323 e. The van der Waals surface area contributed by atoms with Crippen molar-refractivity contribution >= 4 is 11.9 Å². The van der Waals surface area contributed by atoms with E-state index in [1.807, 2.05) is 30.3 Å². The van der Waals surface area contributed by atoms with Gasteiger partial charge < -0.3 is 5.32 Å². The number of urea groups is 1. The van der Waals surface area contributed by atoms with E-state index in [2.05, 4.69) is 10.6 Å². The third-order valence-electron chi connectivity index (χ3n) is 3.83. The van der Waals surface area contributed by atoms with Crippen molar-refractivity contribution in [2.45, 2.75) is 30.7 Å². The van der Waals surface area contributed by atoms with Gasteiger partial charge in [0.2, 0.25) is 0 Å². The van der Waals surface area contributed by atoms with Gasteiger partial charge in [-0.05, 0) is 24.8 Å². The highest BCUT2D eigenvalue weighted by atomic mass is 16.2. The van der Waals surface area contributed by atoms with Crippen LogP contribution >= 0.6 is 0 Å². The lowest BCUT2D eigenvalue weighted by atomic mass is 9.82. The van der Waals surface area contributed by atoms with Gasteiger partial charge in [0.15, 0.2) is 0 Å². The van der Waals surface area contributed by atoms with Crippen LogP contribution in [-0.2, 0) is 4.79 Å². The minimum absolute atomic E-state index is 0.0927. The van der Waals surface area contributed by atoms with Crippen LogP contribution in [0.4, 0.5) is 4.79 Å². The predicted octanol–water partition coefficient (Wildman–Crippen LogP) is 1.53. The quantitative estimate of drug-likeness (QED) is 0.719. The van der Waals surface area contributed by atoms with Gasteiger partial charge in [0.05, 0.1) is 0 Å². The molecule has 3 amide bonds.